The minimum Gasteiger partial charge on any atom is -0.493 e. The smallest absolute Gasteiger partial charge is 0.200 e. The molecule has 2 aromatic carbocycles. The normalized spacial score (nSPS) is 10.2. The van der Waals surface area contributed by atoms with E-state index in [1.807, 2.05) is 42.5 Å². The Morgan fingerprint density at radius 1 is 1.10 bits per heavy atom. The Balaban J connectivity index is 2.05. The average Bonchev–Trinajstić information content (AvgIpc) is 2.53. The molecule has 0 atom stereocenters. The minimum absolute atomic E-state index is 0.00240. The number of hydrogen-bond donors (Lipinski definition) is 0. The molecule has 0 saturated heterocycles. The second kappa shape index (κ2) is 7.45. The first kappa shape index (κ1) is 15.8. The molecule has 0 radical (unpaired) electrons. The van der Waals surface area contributed by atoms with E-state index in [4.69, 9.17) is 9.47 Å². The van der Waals surface area contributed by atoms with Crippen molar-refractivity contribution < 1.29 is 14.3 Å². The number of ketones is 1. The van der Waals surface area contributed by atoms with Gasteiger partial charge in [0.15, 0.2) is 23.9 Å². The highest BCUT2D eigenvalue weighted by Crippen LogP contribution is 2.28. The van der Waals surface area contributed by atoms with E-state index in [1.54, 1.807) is 7.11 Å². The van der Waals surface area contributed by atoms with Gasteiger partial charge in [0.25, 0.3) is 0 Å². The van der Waals surface area contributed by atoms with Crippen LogP contribution >= 0.6 is 22.6 Å². The summed E-state index contributed by atoms with van der Waals surface area (Å²) in [6, 6.07) is 13.2. The molecular formula is C17H17IO3. The van der Waals surface area contributed by atoms with Crippen LogP contribution in [0.25, 0.3) is 0 Å². The van der Waals surface area contributed by atoms with Gasteiger partial charge < -0.3 is 9.47 Å². The van der Waals surface area contributed by atoms with Crippen LogP contribution in [-0.4, -0.2) is 19.5 Å². The average molecular weight is 396 g/mol. The van der Waals surface area contributed by atoms with E-state index in [1.165, 1.54) is 5.56 Å². The van der Waals surface area contributed by atoms with E-state index in [0.29, 0.717) is 17.1 Å². The third-order valence-electron chi connectivity index (χ3n) is 3.16. The minimum atomic E-state index is -0.0481. The van der Waals surface area contributed by atoms with Gasteiger partial charge in [-0.2, -0.15) is 0 Å². The summed E-state index contributed by atoms with van der Waals surface area (Å²) in [7, 11) is 1.60. The monoisotopic (exact) mass is 396 g/mol. The van der Waals surface area contributed by atoms with Crippen LogP contribution in [0.1, 0.15) is 22.8 Å². The summed E-state index contributed by atoms with van der Waals surface area (Å²) in [5.74, 6) is 1.20. The van der Waals surface area contributed by atoms with E-state index in [-0.39, 0.29) is 12.4 Å². The molecule has 2 aromatic rings. The van der Waals surface area contributed by atoms with Gasteiger partial charge in [-0.3, -0.25) is 4.79 Å². The number of hydrogen-bond acceptors (Lipinski definition) is 3. The van der Waals surface area contributed by atoms with E-state index >= 15 is 0 Å². The molecule has 2 rings (SSSR count). The van der Waals surface area contributed by atoms with Gasteiger partial charge in [0.1, 0.15) is 0 Å². The quantitative estimate of drug-likeness (QED) is 0.544. The number of rotatable bonds is 6. The zero-order valence-electron chi connectivity index (χ0n) is 12.1. The highest BCUT2D eigenvalue weighted by atomic mass is 127. The molecule has 0 aliphatic heterocycles. The summed E-state index contributed by atoms with van der Waals surface area (Å²) in [5.41, 5.74) is 1.82. The molecule has 0 bridgehead atoms. The lowest BCUT2D eigenvalue weighted by atomic mass is 10.1. The molecule has 4 heteroatoms. The topological polar surface area (TPSA) is 35.5 Å². The Bertz CT molecular complexity index is 620. The molecule has 21 heavy (non-hydrogen) atoms. The van der Waals surface area contributed by atoms with Gasteiger partial charge in [0.05, 0.1) is 7.11 Å². The third kappa shape index (κ3) is 4.20. The molecule has 0 aliphatic carbocycles. The maximum absolute atomic E-state index is 12.1. The summed E-state index contributed by atoms with van der Waals surface area (Å²) < 4.78 is 12.0. The summed E-state index contributed by atoms with van der Waals surface area (Å²) in [5, 5.41) is 0. The van der Waals surface area contributed by atoms with E-state index in [0.717, 1.165) is 9.99 Å². The molecule has 0 unspecified atom stereocenters. The van der Waals surface area contributed by atoms with Gasteiger partial charge in [0.2, 0.25) is 0 Å². The summed E-state index contributed by atoms with van der Waals surface area (Å²) in [6.45, 7) is 2.08. The van der Waals surface area contributed by atoms with Crippen LogP contribution in [0.2, 0.25) is 0 Å². The first-order valence-electron chi connectivity index (χ1n) is 6.72. The van der Waals surface area contributed by atoms with E-state index in [9.17, 15) is 4.79 Å². The molecule has 0 aliphatic rings. The molecular weight excluding hydrogens is 379 g/mol. The second-order valence-corrected chi connectivity index (χ2v) is 5.80. The number of carbonyl (C=O) groups is 1. The molecule has 0 amide bonds. The van der Waals surface area contributed by atoms with Crippen LogP contribution < -0.4 is 9.47 Å². The molecule has 0 fully saturated rings. The van der Waals surface area contributed by atoms with Gasteiger partial charge >= 0.3 is 0 Å². The number of methoxy groups -OCH3 is 1. The van der Waals surface area contributed by atoms with Crippen LogP contribution in [0.5, 0.6) is 11.5 Å². The van der Waals surface area contributed by atoms with E-state index in [2.05, 4.69) is 29.5 Å². The SMILES string of the molecule is CCc1ccc(OCC(=O)c2ccc(I)cc2)c(OC)c1. The largest absolute Gasteiger partial charge is 0.493 e. The number of halogens is 1. The first-order chi connectivity index (χ1) is 10.1. The Morgan fingerprint density at radius 2 is 1.81 bits per heavy atom. The van der Waals surface area contributed by atoms with Crippen LogP contribution in [0.4, 0.5) is 0 Å². The van der Waals surface area contributed by atoms with E-state index < -0.39 is 0 Å². The van der Waals surface area contributed by atoms with Gasteiger partial charge in [0, 0.05) is 9.13 Å². The molecule has 110 valence electrons. The number of carbonyl (C=O) groups excluding carboxylic acids is 1. The van der Waals surface area contributed by atoms with Crippen molar-refractivity contribution in [3.63, 3.8) is 0 Å². The fourth-order valence-corrected chi connectivity index (χ4v) is 2.27. The lowest BCUT2D eigenvalue weighted by molar-refractivity contribution is 0.0919. The van der Waals surface area contributed by atoms with Crippen LogP contribution in [0, 0.1) is 3.57 Å². The Labute approximate surface area is 138 Å². The Morgan fingerprint density at radius 3 is 2.43 bits per heavy atom. The number of benzene rings is 2. The van der Waals surface area contributed by atoms with Gasteiger partial charge in [-0.25, -0.2) is 0 Å². The van der Waals surface area contributed by atoms with Crippen molar-refractivity contribution in [3.8, 4) is 11.5 Å². The Hall–Kier alpha value is -1.56. The Kier molecular flexibility index (Phi) is 5.61. The van der Waals surface area contributed by atoms with Gasteiger partial charge in [-0.05, 0) is 58.8 Å². The highest BCUT2D eigenvalue weighted by Gasteiger charge is 2.10. The second-order valence-electron chi connectivity index (χ2n) is 4.56. The van der Waals surface area contributed by atoms with Crippen molar-refractivity contribution in [2.24, 2.45) is 0 Å². The van der Waals surface area contributed by atoms with Crippen molar-refractivity contribution in [2.45, 2.75) is 13.3 Å². The van der Waals surface area contributed by atoms with Crippen molar-refractivity contribution in [3.05, 3.63) is 57.2 Å². The number of aryl methyl sites for hydroxylation is 1. The maximum Gasteiger partial charge on any atom is 0.200 e. The van der Waals surface area contributed by atoms with Crippen LogP contribution in [0.15, 0.2) is 42.5 Å². The lowest BCUT2D eigenvalue weighted by Crippen LogP contribution is -2.12. The highest BCUT2D eigenvalue weighted by molar-refractivity contribution is 14.1. The first-order valence-corrected chi connectivity index (χ1v) is 7.80. The number of ether oxygens (including phenoxy) is 2. The zero-order chi connectivity index (χ0) is 15.2. The van der Waals surface area contributed by atoms with Gasteiger partial charge in [-0.15, -0.1) is 0 Å². The number of Topliss-reactive ketones (excluding diaryl/α,β-unsaturated/α-hetero) is 1. The molecule has 0 N–H and O–H groups in total. The van der Waals surface area contributed by atoms with Crippen molar-refractivity contribution in [1.82, 2.24) is 0 Å². The molecule has 0 spiro atoms. The zero-order valence-corrected chi connectivity index (χ0v) is 14.2. The predicted molar refractivity (Wildman–Crippen MR) is 91.4 cm³/mol. The predicted octanol–water partition coefficient (Wildman–Crippen LogP) is 4.12. The van der Waals surface area contributed by atoms with Crippen molar-refractivity contribution in [2.75, 3.05) is 13.7 Å². The van der Waals surface area contributed by atoms with Crippen LogP contribution in [0.3, 0.4) is 0 Å². The summed E-state index contributed by atoms with van der Waals surface area (Å²) >= 11 is 2.21. The van der Waals surface area contributed by atoms with Gasteiger partial charge in [-0.1, -0.05) is 25.1 Å². The standard InChI is InChI=1S/C17H17IO3/c1-3-12-4-9-16(17(10-12)20-2)21-11-15(19)13-5-7-14(18)8-6-13/h4-10H,3,11H2,1-2H3. The lowest BCUT2D eigenvalue weighted by Gasteiger charge is -2.11. The molecule has 0 saturated carbocycles. The fourth-order valence-electron chi connectivity index (χ4n) is 1.91. The third-order valence-corrected chi connectivity index (χ3v) is 3.88. The molecule has 0 aromatic heterocycles. The molecule has 0 heterocycles. The van der Waals surface area contributed by atoms with Crippen molar-refractivity contribution in [1.29, 1.82) is 0 Å². The summed E-state index contributed by atoms with van der Waals surface area (Å²) in [6.07, 6.45) is 0.929. The van der Waals surface area contributed by atoms with Crippen LogP contribution in [-0.2, 0) is 6.42 Å². The maximum atomic E-state index is 12.1. The fraction of sp³-hybridized carbons (Fsp3) is 0.235. The summed E-state index contributed by atoms with van der Waals surface area (Å²) in [4.78, 5) is 12.1. The molecule has 3 nitrogen and oxygen atoms in total. The van der Waals surface area contributed by atoms with Crippen molar-refractivity contribution >= 4 is 28.4 Å².